The van der Waals surface area contributed by atoms with Gasteiger partial charge < -0.3 is 4.98 Å². The highest BCUT2D eigenvalue weighted by molar-refractivity contribution is 7.99. The number of aromatic amines is 1. The number of thioether (sulfide) groups is 1. The maximum atomic E-state index is 12.1. The van der Waals surface area contributed by atoms with Gasteiger partial charge in [-0.3, -0.25) is 9.59 Å². The minimum atomic E-state index is -0.129. The van der Waals surface area contributed by atoms with Crippen LogP contribution in [0.3, 0.4) is 0 Å². The molecule has 0 aromatic carbocycles. The Morgan fingerprint density at radius 3 is 2.85 bits per heavy atom. The fourth-order valence-electron chi connectivity index (χ4n) is 2.62. The summed E-state index contributed by atoms with van der Waals surface area (Å²) in [6.07, 6.45) is 7.41. The van der Waals surface area contributed by atoms with Crippen LogP contribution in [0, 0.1) is 5.92 Å². The van der Waals surface area contributed by atoms with Crippen LogP contribution in [0.5, 0.6) is 0 Å². The normalized spacial score (nSPS) is 16.2. The highest BCUT2D eigenvalue weighted by Crippen LogP contribution is 2.26. The van der Waals surface area contributed by atoms with Crippen LogP contribution in [-0.2, 0) is 11.2 Å². The Morgan fingerprint density at radius 2 is 2.15 bits per heavy atom. The first kappa shape index (κ1) is 15.3. The molecule has 1 N–H and O–H groups in total. The van der Waals surface area contributed by atoms with E-state index < -0.39 is 0 Å². The number of Topliss-reactive ketones (excluding diaryl/α,β-unsaturated/α-hetero) is 1. The number of H-pyrrole nitrogens is 1. The van der Waals surface area contributed by atoms with E-state index >= 15 is 0 Å². The molecule has 0 amide bonds. The van der Waals surface area contributed by atoms with Gasteiger partial charge in [-0.05, 0) is 19.3 Å². The first-order valence-corrected chi connectivity index (χ1v) is 8.43. The maximum absolute atomic E-state index is 12.1. The molecule has 1 aromatic rings. The van der Waals surface area contributed by atoms with Crippen LogP contribution in [0.15, 0.2) is 16.0 Å². The molecule has 1 heterocycles. The summed E-state index contributed by atoms with van der Waals surface area (Å²) in [6.45, 7) is 2.06. The number of nitrogens with one attached hydrogen (secondary N) is 1. The van der Waals surface area contributed by atoms with Gasteiger partial charge in [0.2, 0.25) is 0 Å². The quantitative estimate of drug-likeness (QED) is 0.647. The summed E-state index contributed by atoms with van der Waals surface area (Å²) in [6, 6.07) is 1.54. The monoisotopic (exact) mass is 294 g/mol. The number of ketones is 1. The highest BCUT2D eigenvalue weighted by Gasteiger charge is 2.21. The van der Waals surface area contributed by atoms with E-state index in [4.69, 9.17) is 0 Å². The van der Waals surface area contributed by atoms with Crippen LogP contribution >= 0.6 is 11.8 Å². The first-order valence-electron chi connectivity index (χ1n) is 7.44. The lowest BCUT2D eigenvalue weighted by Gasteiger charge is -2.19. The SMILES string of the molecule is CCCc1cc(=O)[nH]c(SCC(=O)C2CCCCC2)n1. The van der Waals surface area contributed by atoms with Gasteiger partial charge in [-0.15, -0.1) is 0 Å². The lowest BCUT2D eigenvalue weighted by atomic mass is 9.87. The summed E-state index contributed by atoms with van der Waals surface area (Å²) in [7, 11) is 0. The molecule has 4 nitrogen and oxygen atoms in total. The number of hydrogen-bond acceptors (Lipinski definition) is 4. The van der Waals surface area contributed by atoms with E-state index in [0.29, 0.717) is 16.7 Å². The summed E-state index contributed by atoms with van der Waals surface area (Å²) in [5.74, 6) is 0.948. The molecule has 1 aromatic heterocycles. The Hall–Kier alpha value is -1.10. The van der Waals surface area contributed by atoms with Gasteiger partial charge in [0.1, 0.15) is 5.78 Å². The molecule has 0 atom stereocenters. The number of hydrogen-bond donors (Lipinski definition) is 1. The summed E-state index contributed by atoms with van der Waals surface area (Å²) in [5, 5.41) is 0.574. The second-order valence-corrected chi connectivity index (χ2v) is 6.35. The molecule has 1 saturated carbocycles. The van der Waals surface area contributed by atoms with E-state index in [1.807, 2.05) is 0 Å². The maximum Gasteiger partial charge on any atom is 0.251 e. The standard InChI is InChI=1S/C15H22N2O2S/c1-2-6-12-9-14(19)17-15(16-12)20-10-13(18)11-7-4-3-5-8-11/h9,11H,2-8,10H2,1H3,(H,16,17,19). The van der Waals surface area contributed by atoms with Gasteiger partial charge in [0.05, 0.1) is 5.75 Å². The summed E-state index contributed by atoms with van der Waals surface area (Å²) in [5.41, 5.74) is 0.680. The van der Waals surface area contributed by atoms with Crippen molar-refractivity contribution in [1.82, 2.24) is 9.97 Å². The molecule has 1 aliphatic rings. The van der Waals surface area contributed by atoms with Gasteiger partial charge in [0.15, 0.2) is 5.16 Å². The molecule has 0 spiro atoms. The Balaban J connectivity index is 1.92. The predicted molar refractivity (Wildman–Crippen MR) is 81.2 cm³/mol. The number of rotatable bonds is 6. The number of nitrogens with zero attached hydrogens (tertiary/aromatic N) is 1. The van der Waals surface area contributed by atoms with Crippen molar-refractivity contribution < 1.29 is 4.79 Å². The number of carbonyl (C=O) groups is 1. The average Bonchev–Trinajstić information content (AvgIpc) is 2.45. The zero-order valence-corrected chi connectivity index (χ0v) is 12.8. The van der Waals surface area contributed by atoms with Crippen LogP contribution < -0.4 is 5.56 Å². The molecule has 5 heteroatoms. The molecule has 2 rings (SSSR count). The molecular formula is C15H22N2O2S. The van der Waals surface area contributed by atoms with E-state index in [9.17, 15) is 9.59 Å². The predicted octanol–water partition coefficient (Wildman–Crippen LogP) is 2.96. The van der Waals surface area contributed by atoms with Crippen LogP contribution in [0.1, 0.15) is 51.1 Å². The smallest absolute Gasteiger partial charge is 0.251 e. The number of aryl methyl sites for hydroxylation is 1. The van der Waals surface area contributed by atoms with Crippen LogP contribution in [-0.4, -0.2) is 21.5 Å². The van der Waals surface area contributed by atoms with Crippen molar-refractivity contribution in [2.24, 2.45) is 5.92 Å². The van der Waals surface area contributed by atoms with E-state index in [-0.39, 0.29) is 11.5 Å². The van der Waals surface area contributed by atoms with Crippen LogP contribution in [0.4, 0.5) is 0 Å². The molecule has 1 fully saturated rings. The van der Waals surface area contributed by atoms with Gasteiger partial charge in [0, 0.05) is 17.7 Å². The zero-order valence-electron chi connectivity index (χ0n) is 12.0. The minimum absolute atomic E-state index is 0.129. The van der Waals surface area contributed by atoms with Gasteiger partial charge in [-0.25, -0.2) is 4.98 Å². The Labute approximate surface area is 123 Å². The van der Waals surface area contributed by atoms with Crippen LogP contribution in [0.2, 0.25) is 0 Å². The summed E-state index contributed by atoms with van der Waals surface area (Å²) < 4.78 is 0. The summed E-state index contributed by atoms with van der Waals surface area (Å²) in [4.78, 5) is 30.8. The van der Waals surface area contributed by atoms with Crippen molar-refractivity contribution >= 4 is 17.5 Å². The number of carbonyl (C=O) groups excluding carboxylic acids is 1. The van der Waals surface area contributed by atoms with Crippen molar-refractivity contribution in [3.63, 3.8) is 0 Å². The van der Waals surface area contributed by atoms with Gasteiger partial charge in [-0.2, -0.15) is 0 Å². The topological polar surface area (TPSA) is 62.8 Å². The fourth-order valence-corrected chi connectivity index (χ4v) is 3.49. The number of aromatic nitrogens is 2. The van der Waals surface area contributed by atoms with Crippen LogP contribution in [0.25, 0.3) is 0 Å². The molecule has 0 bridgehead atoms. The van der Waals surface area contributed by atoms with E-state index in [1.54, 1.807) is 0 Å². The third-order valence-corrected chi connectivity index (χ3v) is 4.59. The molecule has 0 saturated heterocycles. The zero-order chi connectivity index (χ0) is 14.4. The first-order chi connectivity index (χ1) is 9.69. The third-order valence-electron chi connectivity index (χ3n) is 3.69. The van der Waals surface area contributed by atoms with Crippen molar-refractivity contribution in [3.8, 4) is 0 Å². The van der Waals surface area contributed by atoms with Gasteiger partial charge in [-0.1, -0.05) is 44.4 Å². The lowest BCUT2D eigenvalue weighted by molar-refractivity contribution is -0.121. The minimum Gasteiger partial charge on any atom is -0.301 e. The van der Waals surface area contributed by atoms with Crippen molar-refractivity contribution in [2.75, 3.05) is 5.75 Å². The van der Waals surface area contributed by atoms with Gasteiger partial charge >= 0.3 is 0 Å². The van der Waals surface area contributed by atoms with Crippen molar-refractivity contribution in [1.29, 1.82) is 0 Å². The third kappa shape index (κ3) is 4.47. The lowest BCUT2D eigenvalue weighted by Crippen LogP contribution is -2.20. The van der Waals surface area contributed by atoms with Gasteiger partial charge in [0.25, 0.3) is 5.56 Å². The molecule has 0 unspecified atom stereocenters. The summed E-state index contributed by atoms with van der Waals surface area (Å²) >= 11 is 1.36. The molecular weight excluding hydrogens is 272 g/mol. The molecule has 0 aliphatic heterocycles. The molecule has 1 aliphatic carbocycles. The van der Waals surface area contributed by atoms with E-state index in [2.05, 4.69) is 16.9 Å². The van der Waals surface area contributed by atoms with E-state index in [0.717, 1.165) is 31.4 Å². The molecule has 0 radical (unpaired) electrons. The second-order valence-electron chi connectivity index (χ2n) is 5.38. The Kier molecular flexibility index (Phi) is 5.83. The Bertz CT molecular complexity index is 507. The fraction of sp³-hybridized carbons (Fsp3) is 0.667. The van der Waals surface area contributed by atoms with Crippen molar-refractivity contribution in [3.05, 3.63) is 22.1 Å². The largest absolute Gasteiger partial charge is 0.301 e. The Morgan fingerprint density at radius 1 is 1.40 bits per heavy atom. The van der Waals surface area contributed by atoms with E-state index in [1.165, 1.54) is 37.1 Å². The molecule has 110 valence electrons. The average molecular weight is 294 g/mol. The van der Waals surface area contributed by atoms with Crippen molar-refractivity contribution in [2.45, 2.75) is 57.0 Å². The molecule has 20 heavy (non-hydrogen) atoms. The second kappa shape index (κ2) is 7.62. The highest BCUT2D eigenvalue weighted by atomic mass is 32.2.